The highest BCUT2D eigenvalue weighted by atomic mass is 35.5. The highest BCUT2D eigenvalue weighted by molar-refractivity contribution is 7.90. The van der Waals surface area contributed by atoms with Gasteiger partial charge in [-0.1, -0.05) is 11.6 Å². The molecule has 12 heteroatoms. The number of halogens is 1. The van der Waals surface area contributed by atoms with E-state index in [1.165, 1.54) is 16.8 Å². The molecule has 0 saturated heterocycles. The van der Waals surface area contributed by atoms with Gasteiger partial charge in [-0.15, -0.1) is 0 Å². The summed E-state index contributed by atoms with van der Waals surface area (Å²) in [6.45, 7) is 3.86. The summed E-state index contributed by atoms with van der Waals surface area (Å²) in [6.07, 6.45) is 8.03. The van der Waals surface area contributed by atoms with Crippen LogP contribution in [-0.4, -0.2) is 49.8 Å². The fourth-order valence-electron chi connectivity index (χ4n) is 3.89. The van der Waals surface area contributed by atoms with Crippen LogP contribution in [0.4, 0.5) is 0 Å². The molecular weight excluding hydrogens is 492 g/mol. The van der Waals surface area contributed by atoms with Crippen molar-refractivity contribution in [1.29, 1.82) is 0 Å². The average molecular weight is 517 g/mol. The minimum absolute atomic E-state index is 0.0446. The van der Waals surface area contributed by atoms with Crippen molar-refractivity contribution in [2.75, 3.05) is 6.26 Å². The number of aryl methyl sites for hydroxylation is 4. The van der Waals surface area contributed by atoms with Crippen molar-refractivity contribution in [1.82, 2.24) is 29.3 Å². The second-order valence-corrected chi connectivity index (χ2v) is 10.8. The van der Waals surface area contributed by atoms with Gasteiger partial charge in [0, 0.05) is 49.4 Å². The fraction of sp³-hybridized carbons (Fsp3) is 0.304. The van der Waals surface area contributed by atoms with Crippen LogP contribution in [0.1, 0.15) is 38.3 Å². The van der Waals surface area contributed by atoms with Gasteiger partial charge in [0.05, 0.1) is 34.6 Å². The highest BCUT2D eigenvalue weighted by Gasteiger charge is 2.28. The molecule has 0 aliphatic rings. The van der Waals surface area contributed by atoms with E-state index in [1.54, 1.807) is 49.0 Å². The van der Waals surface area contributed by atoms with Crippen molar-refractivity contribution in [2.24, 2.45) is 14.1 Å². The maximum Gasteiger partial charge on any atom is 0.223 e. The number of sulfone groups is 1. The topological polar surface area (TPSA) is 114 Å². The van der Waals surface area contributed by atoms with E-state index in [4.69, 9.17) is 16.3 Å². The number of nitrogens with zero attached hydrogens (tertiary/aromatic N) is 6. The van der Waals surface area contributed by atoms with Crippen LogP contribution in [0, 0.1) is 13.8 Å². The Morgan fingerprint density at radius 2 is 1.86 bits per heavy atom. The molecule has 0 amide bonds. The van der Waals surface area contributed by atoms with E-state index in [0.29, 0.717) is 11.3 Å². The van der Waals surface area contributed by atoms with Gasteiger partial charge in [-0.2, -0.15) is 15.3 Å². The highest BCUT2D eigenvalue weighted by Crippen LogP contribution is 2.33. The largest absolute Gasteiger partial charge is 0.472 e. The molecule has 0 bridgehead atoms. The molecule has 10 nitrogen and oxygen atoms in total. The van der Waals surface area contributed by atoms with Crippen molar-refractivity contribution in [3.63, 3.8) is 0 Å². The molecule has 1 aromatic carbocycles. The molecular formula is C23H25ClN6O4S. The van der Waals surface area contributed by atoms with Gasteiger partial charge in [-0.05, 0) is 31.5 Å². The van der Waals surface area contributed by atoms with Crippen molar-refractivity contribution in [3.05, 3.63) is 75.5 Å². The first-order valence-corrected chi connectivity index (χ1v) is 12.9. The number of rotatable bonds is 8. The molecule has 0 atom stereocenters. The molecule has 0 spiro atoms. The minimum Gasteiger partial charge on any atom is -0.472 e. The Balaban J connectivity index is 1.76. The molecule has 0 aliphatic heterocycles. The number of aromatic nitrogens is 6. The number of hydrogen-bond donors (Lipinski definition) is 0. The van der Waals surface area contributed by atoms with E-state index in [0.717, 1.165) is 17.4 Å². The van der Waals surface area contributed by atoms with Gasteiger partial charge in [-0.3, -0.25) is 14.2 Å². The van der Waals surface area contributed by atoms with Gasteiger partial charge in [0.2, 0.25) is 11.7 Å². The quantitative estimate of drug-likeness (QED) is 0.331. The summed E-state index contributed by atoms with van der Waals surface area (Å²) in [4.78, 5) is 13.7. The van der Waals surface area contributed by atoms with Crippen LogP contribution < -0.4 is 4.74 Å². The SMILES string of the molecule is Cc1cnn(Cc2c(S(C)(=O)=O)ccc(C(=O)c3c(C)nn(C)c3OCc3cnn(C)c3)c2Cl)c1. The third-order valence-electron chi connectivity index (χ3n) is 5.46. The average Bonchev–Trinajstić information content (AvgIpc) is 3.45. The van der Waals surface area contributed by atoms with Gasteiger partial charge >= 0.3 is 0 Å². The van der Waals surface area contributed by atoms with Crippen molar-refractivity contribution in [3.8, 4) is 5.88 Å². The van der Waals surface area contributed by atoms with E-state index in [-0.39, 0.29) is 40.1 Å². The molecule has 0 saturated carbocycles. The summed E-state index contributed by atoms with van der Waals surface area (Å²) in [7, 11) is -0.126. The van der Waals surface area contributed by atoms with E-state index < -0.39 is 15.6 Å². The lowest BCUT2D eigenvalue weighted by Gasteiger charge is -2.14. The fourth-order valence-corrected chi connectivity index (χ4v) is 5.18. The summed E-state index contributed by atoms with van der Waals surface area (Å²) in [5.74, 6) is -0.136. The molecule has 3 heterocycles. The van der Waals surface area contributed by atoms with Crippen LogP contribution in [0.3, 0.4) is 0 Å². The van der Waals surface area contributed by atoms with Crippen molar-refractivity contribution < 1.29 is 17.9 Å². The van der Waals surface area contributed by atoms with Crippen molar-refractivity contribution in [2.45, 2.75) is 31.9 Å². The zero-order valence-corrected chi connectivity index (χ0v) is 21.6. The number of ketones is 1. The van der Waals surface area contributed by atoms with Crippen molar-refractivity contribution >= 4 is 27.2 Å². The zero-order valence-electron chi connectivity index (χ0n) is 20.0. The van der Waals surface area contributed by atoms with Gasteiger partial charge in [0.1, 0.15) is 12.2 Å². The molecule has 4 rings (SSSR count). The minimum atomic E-state index is -3.61. The van der Waals surface area contributed by atoms with Crippen LogP contribution in [0.15, 0.2) is 41.8 Å². The molecule has 184 valence electrons. The number of carbonyl (C=O) groups is 1. The second-order valence-electron chi connectivity index (χ2n) is 8.42. The maximum atomic E-state index is 13.7. The lowest BCUT2D eigenvalue weighted by Crippen LogP contribution is -2.13. The molecule has 4 aromatic rings. The first-order valence-electron chi connectivity index (χ1n) is 10.6. The maximum absolute atomic E-state index is 13.7. The van der Waals surface area contributed by atoms with Crippen LogP contribution in [0.25, 0.3) is 0 Å². The lowest BCUT2D eigenvalue weighted by atomic mass is 10.0. The Morgan fingerprint density at radius 1 is 1.11 bits per heavy atom. The van der Waals surface area contributed by atoms with Gasteiger partial charge in [0.15, 0.2) is 9.84 Å². The third kappa shape index (κ3) is 5.01. The van der Waals surface area contributed by atoms with Gasteiger partial charge in [-0.25, -0.2) is 13.1 Å². The van der Waals surface area contributed by atoms with E-state index in [1.807, 2.05) is 13.1 Å². The molecule has 0 unspecified atom stereocenters. The summed E-state index contributed by atoms with van der Waals surface area (Å²) in [5.41, 5.74) is 2.91. The Labute approximate surface area is 208 Å². The Kier molecular flexibility index (Phi) is 6.56. The molecule has 0 radical (unpaired) electrons. The van der Waals surface area contributed by atoms with Crippen LogP contribution >= 0.6 is 11.6 Å². The predicted octanol–water partition coefficient (Wildman–Crippen LogP) is 2.88. The first-order chi connectivity index (χ1) is 16.5. The first kappa shape index (κ1) is 24.7. The molecule has 0 aliphatic carbocycles. The van der Waals surface area contributed by atoms with E-state index in [9.17, 15) is 13.2 Å². The Morgan fingerprint density at radius 3 is 2.46 bits per heavy atom. The van der Waals surface area contributed by atoms with E-state index in [2.05, 4.69) is 15.3 Å². The predicted molar refractivity (Wildman–Crippen MR) is 130 cm³/mol. The Hall–Kier alpha value is -3.44. The standard InChI is InChI=1S/C23H25ClN6O4S/c1-14-8-26-30(10-14)12-18-19(35(5,32)33)7-6-17(21(18)24)22(31)20-15(2)27-29(4)23(20)34-13-16-9-25-28(3)11-16/h6-11H,12-13H2,1-5H3. The normalized spacial score (nSPS) is 11.7. The summed E-state index contributed by atoms with van der Waals surface area (Å²) in [6, 6.07) is 2.83. The number of hydrogen-bond acceptors (Lipinski definition) is 7. The molecule has 0 fully saturated rings. The zero-order chi connectivity index (χ0) is 25.5. The van der Waals surface area contributed by atoms with Crippen LogP contribution in [-0.2, 0) is 37.1 Å². The summed E-state index contributed by atoms with van der Waals surface area (Å²) < 4.78 is 35.6. The number of benzene rings is 1. The van der Waals surface area contributed by atoms with Crippen LogP contribution in [0.5, 0.6) is 5.88 Å². The number of carbonyl (C=O) groups excluding carboxylic acids is 1. The summed E-state index contributed by atoms with van der Waals surface area (Å²) in [5, 5.41) is 12.8. The molecule has 35 heavy (non-hydrogen) atoms. The number of ether oxygens (including phenoxy) is 1. The summed E-state index contributed by atoms with van der Waals surface area (Å²) >= 11 is 6.70. The molecule has 0 N–H and O–H groups in total. The van der Waals surface area contributed by atoms with Crippen LogP contribution in [0.2, 0.25) is 5.02 Å². The van der Waals surface area contributed by atoms with Gasteiger partial charge in [0.25, 0.3) is 0 Å². The smallest absolute Gasteiger partial charge is 0.223 e. The van der Waals surface area contributed by atoms with Gasteiger partial charge < -0.3 is 4.74 Å². The molecule has 3 aromatic heterocycles. The lowest BCUT2D eigenvalue weighted by molar-refractivity contribution is 0.103. The second kappa shape index (κ2) is 9.31. The van der Waals surface area contributed by atoms with E-state index >= 15 is 0 Å². The Bertz CT molecular complexity index is 1530. The third-order valence-corrected chi connectivity index (χ3v) is 7.07. The monoisotopic (exact) mass is 516 g/mol.